The van der Waals surface area contributed by atoms with Gasteiger partial charge in [-0.2, -0.15) is 0 Å². The van der Waals surface area contributed by atoms with Gasteiger partial charge >= 0.3 is 0 Å². The second kappa shape index (κ2) is 5.25. The summed E-state index contributed by atoms with van der Waals surface area (Å²) in [7, 11) is 0. The van der Waals surface area contributed by atoms with Crippen molar-refractivity contribution >= 4 is 28.6 Å². The van der Waals surface area contributed by atoms with Gasteiger partial charge in [-0.3, -0.25) is 0 Å². The van der Waals surface area contributed by atoms with Crippen molar-refractivity contribution in [1.29, 1.82) is 0 Å². The van der Waals surface area contributed by atoms with Gasteiger partial charge < -0.3 is 11.1 Å². The molecule has 0 amide bonds. The van der Waals surface area contributed by atoms with Crippen LogP contribution in [0.3, 0.4) is 0 Å². The summed E-state index contributed by atoms with van der Waals surface area (Å²) in [4.78, 5) is 0.425. The van der Waals surface area contributed by atoms with E-state index in [0.29, 0.717) is 4.99 Å². The molecule has 0 heterocycles. The third kappa shape index (κ3) is 2.54. The quantitative estimate of drug-likeness (QED) is 0.840. The highest BCUT2D eigenvalue weighted by molar-refractivity contribution is 7.80. The third-order valence-corrected chi connectivity index (χ3v) is 4.04. The molecule has 0 aromatic heterocycles. The molecule has 0 bridgehead atoms. The molecule has 0 saturated heterocycles. The second-order valence-corrected chi connectivity index (χ2v) is 5.82. The Kier molecular flexibility index (Phi) is 3.45. The summed E-state index contributed by atoms with van der Waals surface area (Å²) in [6.45, 7) is 2.07. The van der Waals surface area contributed by atoms with Crippen LogP contribution in [0, 0.1) is 6.92 Å². The Balaban J connectivity index is 1.95. The number of benzene rings is 2. The second-order valence-electron chi connectivity index (χ2n) is 5.38. The van der Waals surface area contributed by atoms with Crippen LogP contribution in [0.5, 0.6) is 0 Å². The van der Waals surface area contributed by atoms with E-state index < -0.39 is 0 Å². The summed E-state index contributed by atoms with van der Waals surface area (Å²) >= 11 is 5.13. The summed E-state index contributed by atoms with van der Waals surface area (Å²) < 4.78 is 0. The first kappa shape index (κ1) is 13.1. The van der Waals surface area contributed by atoms with Crippen molar-refractivity contribution in [2.24, 2.45) is 5.73 Å². The Labute approximate surface area is 125 Å². The highest BCUT2D eigenvalue weighted by Crippen LogP contribution is 2.28. The molecule has 0 spiro atoms. The molecule has 3 rings (SSSR count). The van der Waals surface area contributed by atoms with Gasteiger partial charge in [-0.15, -0.1) is 0 Å². The zero-order chi connectivity index (χ0) is 14.1. The lowest BCUT2D eigenvalue weighted by Gasteiger charge is -2.13. The first-order chi connectivity index (χ1) is 9.63. The molecule has 2 aromatic rings. The van der Waals surface area contributed by atoms with Crippen LogP contribution < -0.4 is 11.1 Å². The molecule has 102 valence electrons. The molecule has 0 aliphatic heterocycles. The lowest BCUT2D eigenvalue weighted by molar-refractivity contribution is 0.912. The monoisotopic (exact) mass is 282 g/mol. The highest BCUT2D eigenvalue weighted by Gasteiger charge is 2.12. The Morgan fingerprint density at radius 1 is 1.10 bits per heavy atom. The first-order valence-corrected chi connectivity index (χ1v) is 7.33. The molecule has 0 unspecified atom stereocenters. The van der Waals surface area contributed by atoms with Gasteiger partial charge in [0.1, 0.15) is 4.99 Å². The van der Waals surface area contributed by atoms with Gasteiger partial charge in [0.05, 0.1) is 0 Å². The van der Waals surface area contributed by atoms with Crippen LogP contribution in [-0.4, -0.2) is 4.99 Å². The summed E-state index contributed by atoms with van der Waals surface area (Å²) in [5.41, 5.74) is 12.9. The van der Waals surface area contributed by atoms with Crippen molar-refractivity contribution < 1.29 is 0 Å². The van der Waals surface area contributed by atoms with Crippen LogP contribution in [0.1, 0.15) is 28.7 Å². The van der Waals surface area contributed by atoms with Crippen molar-refractivity contribution in [2.75, 3.05) is 5.32 Å². The van der Waals surface area contributed by atoms with E-state index >= 15 is 0 Å². The Morgan fingerprint density at radius 3 is 2.70 bits per heavy atom. The topological polar surface area (TPSA) is 38.0 Å². The van der Waals surface area contributed by atoms with E-state index in [9.17, 15) is 0 Å². The van der Waals surface area contributed by atoms with E-state index in [4.69, 9.17) is 18.0 Å². The average molecular weight is 282 g/mol. The maximum atomic E-state index is 5.80. The summed E-state index contributed by atoms with van der Waals surface area (Å²) in [6.07, 6.45) is 3.65. The lowest BCUT2D eigenvalue weighted by atomic mass is 10.1. The van der Waals surface area contributed by atoms with Crippen molar-refractivity contribution in [3.05, 3.63) is 58.7 Å². The molecular weight excluding hydrogens is 264 g/mol. The van der Waals surface area contributed by atoms with Crippen molar-refractivity contribution in [3.63, 3.8) is 0 Å². The molecule has 0 fully saturated rings. The molecule has 0 radical (unpaired) electrons. The number of rotatable bonds is 3. The molecule has 0 saturated carbocycles. The van der Waals surface area contributed by atoms with E-state index in [1.54, 1.807) is 0 Å². The number of fused-ring (bicyclic) bond motifs is 1. The minimum absolute atomic E-state index is 0.425. The predicted molar refractivity (Wildman–Crippen MR) is 88.8 cm³/mol. The van der Waals surface area contributed by atoms with Gasteiger partial charge in [0, 0.05) is 16.9 Å². The Hall–Kier alpha value is -1.87. The maximum absolute atomic E-state index is 5.80. The number of thiocarbonyl (C=S) groups is 1. The molecule has 2 aromatic carbocycles. The van der Waals surface area contributed by atoms with Gasteiger partial charge in [0.2, 0.25) is 0 Å². The van der Waals surface area contributed by atoms with Gasteiger partial charge in [-0.1, -0.05) is 24.4 Å². The van der Waals surface area contributed by atoms with E-state index in [0.717, 1.165) is 16.9 Å². The number of nitrogens with two attached hydrogens (primary N) is 1. The van der Waals surface area contributed by atoms with E-state index in [-0.39, 0.29) is 0 Å². The summed E-state index contributed by atoms with van der Waals surface area (Å²) in [5.74, 6) is 0. The SMILES string of the molecule is Cc1ccc(C(N)=S)c(Nc2ccc3c(c2)CCC3)c1. The Morgan fingerprint density at radius 2 is 1.90 bits per heavy atom. The van der Waals surface area contributed by atoms with Crippen LogP contribution in [0.15, 0.2) is 36.4 Å². The van der Waals surface area contributed by atoms with E-state index in [1.165, 1.54) is 36.0 Å². The molecule has 20 heavy (non-hydrogen) atoms. The number of nitrogens with one attached hydrogen (secondary N) is 1. The van der Waals surface area contributed by atoms with Crippen molar-refractivity contribution in [2.45, 2.75) is 26.2 Å². The summed E-state index contributed by atoms with van der Waals surface area (Å²) in [6, 6.07) is 12.7. The van der Waals surface area contributed by atoms with Crippen LogP contribution >= 0.6 is 12.2 Å². The fraction of sp³-hybridized carbons (Fsp3) is 0.235. The molecule has 3 heteroatoms. The molecule has 1 aliphatic carbocycles. The number of anilines is 2. The van der Waals surface area contributed by atoms with Crippen molar-refractivity contribution in [3.8, 4) is 0 Å². The predicted octanol–water partition coefficient (Wildman–Crippen LogP) is 3.86. The lowest BCUT2D eigenvalue weighted by Crippen LogP contribution is -2.12. The van der Waals surface area contributed by atoms with Crippen LogP contribution in [0.25, 0.3) is 0 Å². The fourth-order valence-electron chi connectivity index (χ4n) is 2.78. The fourth-order valence-corrected chi connectivity index (χ4v) is 2.96. The zero-order valence-electron chi connectivity index (χ0n) is 11.6. The van der Waals surface area contributed by atoms with E-state index in [1.807, 2.05) is 12.1 Å². The minimum Gasteiger partial charge on any atom is -0.389 e. The number of hydrogen-bond donors (Lipinski definition) is 2. The van der Waals surface area contributed by atoms with Crippen LogP contribution in [0.2, 0.25) is 0 Å². The normalized spacial score (nSPS) is 13.1. The van der Waals surface area contributed by atoms with Gasteiger partial charge in [0.15, 0.2) is 0 Å². The molecule has 2 nitrogen and oxygen atoms in total. The first-order valence-electron chi connectivity index (χ1n) is 6.93. The standard InChI is InChI=1S/C17H18N2S/c1-11-5-8-15(17(18)20)16(9-11)19-14-7-6-12-3-2-4-13(12)10-14/h5-10,19H,2-4H2,1H3,(H2,18,20). The van der Waals surface area contributed by atoms with Crippen LogP contribution in [0.4, 0.5) is 11.4 Å². The Bertz CT molecular complexity index is 677. The average Bonchev–Trinajstić information content (AvgIpc) is 2.85. The van der Waals surface area contributed by atoms with Crippen LogP contribution in [-0.2, 0) is 12.8 Å². The van der Waals surface area contributed by atoms with E-state index in [2.05, 4.69) is 36.5 Å². The zero-order valence-corrected chi connectivity index (χ0v) is 12.4. The smallest absolute Gasteiger partial charge is 0.106 e. The highest BCUT2D eigenvalue weighted by atomic mass is 32.1. The largest absolute Gasteiger partial charge is 0.389 e. The summed E-state index contributed by atoms with van der Waals surface area (Å²) in [5, 5.41) is 3.46. The third-order valence-electron chi connectivity index (χ3n) is 3.82. The molecule has 1 aliphatic rings. The molecule has 0 atom stereocenters. The molecular formula is C17H18N2S. The number of hydrogen-bond acceptors (Lipinski definition) is 2. The molecule has 3 N–H and O–H groups in total. The van der Waals surface area contributed by atoms with Gasteiger partial charge in [0.25, 0.3) is 0 Å². The maximum Gasteiger partial charge on any atom is 0.106 e. The van der Waals surface area contributed by atoms with Gasteiger partial charge in [-0.05, 0) is 67.1 Å². The number of aryl methyl sites for hydroxylation is 3. The minimum atomic E-state index is 0.425. The van der Waals surface area contributed by atoms with Gasteiger partial charge in [-0.25, -0.2) is 0 Å². The van der Waals surface area contributed by atoms with Crippen molar-refractivity contribution in [1.82, 2.24) is 0 Å².